The van der Waals surface area contributed by atoms with E-state index in [9.17, 15) is 0 Å². The number of morpholine rings is 1. The van der Waals surface area contributed by atoms with Crippen LogP contribution in [0.2, 0.25) is 10.0 Å². The third-order valence-electron chi connectivity index (χ3n) is 3.49. The van der Waals surface area contributed by atoms with Crippen LogP contribution in [0, 0.1) is 0 Å². The van der Waals surface area contributed by atoms with Gasteiger partial charge in [0.15, 0.2) is 0 Å². The van der Waals surface area contributed by atoms with E-state index < -0.39 is 0 Å². The molecule has 0 aliphatic carbocycles. The van der Waals surface area contributed by atoms with Crippen LogP contribution in [-0.4, -0.2) is 44.3 Å². The van der Waals surface area contributed by atoms with Crippen molar-refractivity contribution in [2.75, 3.05) is 33.3 Å². The lowest BCUT2D eigenvalue weighted by Gasteiger charge is -2.40. The molecular formula is C14H20Cl2N2O. The lowest BCUT2D eigenvalue weighted by Crippen LogP contribution is -2.47. The van der Waals surface area contributed by atoms with E-state index in [0.717, 1.165) is 31.8 Å². The molecule has 1 N–H and O–H groups in total. The zero-order chi connectivity index (χ0) is 13.8. The van der Waals surface area contributed by atoms with E-state index in [1.165, 1.54) is 0 Å². The van der Waals surface area contributed by atoms with Crippen LogP contribution in [-0.2, 0) is 4.74 Å². The number of nitrogens with zero attached hydrogens (tertiary/aromatic N) is 1. The average Bonchev–Trinajstić information content (AvgIpc) is 2.38. The van der Waals surface area contributed by atoms with Gasteiger partial charge in [-0.15, -0.1) is 0 Å². The molecule has 106 valence electrons. The first-order valence-corrected chi connectivity index (χ1v) is 7.37. The Hall–Kier alpha value is -0.320. The molecule has 0 bridgehead atoms. The van der Waals surface area contributed by atoms with Crippen LogP contribution in [0.1, 0.15) is 18.5 Å². The number of ether oxygens (including phenoxy) is 1. The molecule has 1 fully saturated rings. The minimum absolute atomic E-state index is 0.0658. The monoisotopic (exact) mass is 302 g/mol. The summed E-state index contributed by atoms with van der Waals surface area (Å²) in [5.74, 6) is 0. The lowest BCUT2D eigenvalue weighted by molar-refractivity contribution is -0.0611. The zero-order valence-electron chi connectivity index (χ0n) is 11.3. The molecule has 2 atom stereocenters. The summed E-state index contributed by atoms with van der Waals surface area (Å²) in [6.07, 6.45) is 0.0658. The van der Waals surface area contributed by atoms with Crippen LogP contribution in [0.3, 0.4) is 0 Å². The standard InChI is InChI=1S/C14H20Cl2N2O/c1-3-17-9-12-14(18(2)7-8-19-12)13-10(15)5-4-6-11(13)16/h4-6,12,14,17H,3,7-9H2,1-2H3. The Bertz CT molecular complexity index is 408. The molecular weight excluding hydrogens is 283 g/mol. The van der Waals surface area contributed by atoms with Gasteiger partial charge in [0, 0.05) is 28.7 Å². The molecule has 1 aliphatic heterocycles. The molecule has 1 aromatic carbocycles. The maximum Gasteiger partial charge on any atom is 0.0897 e. The Kier molecular flexibility index (Phi) is 5.48. The summed E-state index contributed by atoms with van der Waals surface area (Å²) in [5, 5.41) is 4.75. The molecule has 3 nitrogen and oxygen atoms in total. The van der Waals surface area contributed by atoms with Gasteiger partial charge >= 0.3 is 0 Å². The molecule has 2 rings (SSSR count). The third-order valence-corrected chi connectivity index (χ3v) is 4.15. The molecule has 1 aliphatic rings. The number of hydrogen-bond acceptors (Lipinski definition) is 3. The average molecular weight is 303 g/mol. The van der Waals surface area contributed by atoms with E-state index in [0.29, 0.717) is 10.0 Å². The predicted octanol–water partition coefficient (Wildman–Crippen LogP) is 2.97. The van der Waals surface area contributed by atoms with Crippen molar-refractivity contribution in [1.29, 1.82) is 0 Å². The van der Waals surface area contributed by atoms with Gasteiger partial charge in [0.25, 0.3) is 0 Å². The molecule has 0 spiro atoms. The van der Waals surface area contributed by atoms with Gasteiger partial charge in [0.05, 0.1) is 18.8 Å². The summed E-state index contributed by atoms with van der Waals surface area (Å²) in [5.41, 5.74) is 0.968. The van der Waals surface area contributed by atoms with E-state index in [1.807, 2.05) is 18.2 Å². The van der Waals surface area contributed by atoms with E-state index in [2.05, 4.69) is 24.2 Å². The summed E-state index contributed by atoms with van der Waals surface area (Å²) in [6.45, 7) is 5.43. The molecule has 5 heteroatoms. The molecule has 1 aromatic rings. The maximum atomic E-state index is 6.34. The molecule has 0 saturated carbocycles. The van der Waals surface area contributed by atoms with Crippen molar-refractivity contribution in [2.24, 2.45) is 0 Å². The first-order chi connectivity index (χ1) is 9.15. The second-order valence-electron chi connectivity index (χ2n) is 4.78. The molecule has 19 heavy (non-hydrogen) atoms. The van der Waals surface area contributed by atoms with E-state index in [1.54, 1.807) is 0 Å². The summed E-state index contributed by atoms with van der Waals surface area (Å²) in [6, 6.07) is 5.73. The van der Waals surface area contributed by atoms with E-state index >= 15 is 0 Å². The Morgan fingerprint density at radius 1 is 1.37 bits per heavy atom. The largest absolute Gasteiger partial charge is 0.374 e. The first-order valence-electron chi connectivity index (χ1n) is 6.61. The number of hydrogen-bond donors (Lipinski definition) is 1. The van der Waals surface area contributed by atoms with Crippen LogP contribution < -0.4 is 5.32 Å². The fraction of sp³-hybridized carbons (Fsp3) is 0.571. The van der Waals surface area contributed by atoms with Gasteiger partial charge in [0.2, 0.25) is 0 Å². The summed E-state index contributed by atoms with van der Waals surface area (Å²) >= 11 is 12.7. The number of likely N-dealkylation sites (N-methyl/N-ethyl adjacent to an activating group) is 2. The van der Waals surface area contributed by atoms with Gasteiger partial charge in [-0.05, 0) is 25.7 Å². The quantitative estimate of drug-likeness (QED) is 0.925. The molecule has 0 amide bonds. The number of rotatable bonds is 4. The van der Waals surface area contributed by atoms with Crippen molar-refractivity contribution in [3.05, 3.63) is 33.8 Å². The van der Waals surface area contributed by atoms with Gasteiger partial charge in [-0.25, -0.2) is 0 Å². The fourth-order valence-electron chi connectivity index (χ4n) is 2.52. The van der Waals surface area contributed by atoms with Crippen molar-refractivity contribution in [1.82, 2.24) is 10.2 Å². The van der Waals surface area contributed by atoms with Gasteiger partial charge in [-0.2, -0.15) is 0 Å². The van der Waals surface area contributed by atoms with Crippen molar-refractivity contribution in [3.63, 3.8) is 0 Å². The lowest BCUT2D eigenvalue weighted by atomic mass is 9.98. The normalized spacial score (nSPS) is 24.6. The van der Waals surface area contributed by atoms with E-state index in [4.69, 9.17) is 27.9 Å². The zero-order valence-corrected chi connectivity index (χ0v) is 12.8. The van der Waals surface area contributed by atoms with Crippen LogP contribution in [0.5, 0.6) is 0 Å². The Morgan fingerprint density at radius 2 is 2.05 bits per heavy atom. The highest BCUT2D eigenvalue weighted by atomic mass is 35.5. The fourth-order valence-corrected chi connectivity index (χ4v) is 3.14. The molecule has 1 heterocycles. The Labute approximate surface area is 124 Å². The molecule has 0 aromatic heterocycles. The summed E-state index contributed by atoms with van der Waals surface area (Å²) < 4.78 is 5.91. The van der Waals surface area contributed by atoms with E-state index in [-0.39, 0.29) is 12.1 Å². The number of benzene rings is 1. The van der Waals surface area contributed by atoms with Gasteiger partial charge < -0.3 is 10.1 Å². The Morgan fingerprint density at radius 3 is 2.68 bits per heavy atom. The second-order valence-corrected chi connectivity index (χ2v) is 5.59. The molecule has 0 radical (unpaired) electrons. The van der Waals surface area contributed by atoms with Crippen LogP contribution in [0.15, 0.2) is 18.2 Å². The van der Waals surface area contributed by atoms with Crippen molar-refractivity contribution < 1.29 is 4.74 Å². The number of nitrogens with one attached hydrogen (secondary N) is 1. The highest BCUT2D eigenvalue weighted by Crippen LogP contribution is 2.37. The molecule has 1 saturated heterocycles. The molecule has 2 unspecified atom stereocenters. The summed E-state index contributed by atoms with van der Waals surface area (Å²) in [7, 11) is 2.09. The van der Waals surface area contributed by atoms with Crippen LogP contribution in [0.4, 0.5) is 0 Å². The maximum absolute atomic E-state index is 6.34. The van der Waals surface area contributed by atoms with Crippen LogP contribution >= 0.6 is 23.2 Å². The third kappa shape index (κ3) is 3.41. The Balaban J connectivity index is 2.30. The highest BCUT2D eigenvalue weighted by molar-refractivity contribution is 6.36. The highest BCUT2D eigenvalue weighted by Gasteiger charge is 2.33. The second kappa shape index (κ2) is 6.91. The van der Waals surface area contributed by atoms with Crippen molar-refractivity contribution in [2.45, 2.75) is 19.1 Å². The minimum atomic E-state index is 0.0658. The smallest absolute Gasteiger partial charge is 0.0897 e. The predicted molar refractivity (Wildman–Crippen MR) is 80.1 cm³/mol. The van der Waals surface area contributed by atoms with Crippen LogP contribution in [0.25, 0.3) is 0 Å². The van der Waals surface area contributed by atoms with Crippen molar-refractivity contribution >= 4 is 23.2 Å². The SMILES string of the molecule is CCNCC1OCCN(C)C1c1c(Cl)cccc1Cl. The van der Waals surface area contributed by atoms with Gasteiger partial charge in [-0.1, -0.05) is 36.2 Å². The topological polar surface area (TPSA) is 24.5 Å². The first kappa shape index (κ1) is 15.1. The van der Waals surface area contributed by atoms with Gasteiger partial charge in [-0.3, -0.25) is 4.90 Å². The van der Waals surface area contributed by atoms with Crippen molar-refractivity contribution in [3.8, 4) is 0 Å². The number of halogens is 2. The summed E-state index contributed by atoms with van der Waals surface area (Å²) in [4.78, 5) is 2.26. The van der Waals surface area contributed by atoms with Gasteiger partial charge in [0.1, 0.15) is 0 Å². The minimum Gasteiger partial charge on any atom is -0.374 e.